The SMILES string of the molecule is CC(C)(C)CC1(C(C)(C)C)CC1.CC(C)(C)CC1(C(C)(C)C)CC1.CC(C)(C)CC1(C)CC1. The fraction of sp³-hybridized carbons (Fsp3) is 1.00. The molecule has 0 aromatic rings. The Labute approximate surface area is 211 Å². The lowest BCUT2D eigenvalue weighted by atomic mass is 9.69. The Kier molecular flexibility index (Phi) is 8.90. The van der Waals surface area contributed by atoms with E-state index in [0.717, 1.165) is 5.41 Å². The first-order valence-electron chi connectivity index (χ1n) is 14.2. The van der Waals surface area contributed by atoms with E-state index in [1.807, 2.05) is 0 Å². The van der Waals surface area contributed by atoms with Crippen LogP contribution in [0.2, 0.25) is 0 Å². The minimum absolute atomic E-state index is 0.504. The average Bonchev–Trinajstić information content (AvgIpc) is 3.31. The van der Waals surface area contributed by atoms with Gasteiger partial charge in [-0.25, -0.2) is 0 Å². The van der Waals surface area contributed by atoms with Crippen LogP contribution < -0.4 is 0 Å². The summed E-state index contributed by atoms with van der Waals surface area (Å²) in [6.45, 7) is 37.9. The number of rotatable bonds is 3. The van der Waals surface area contributed by atoms with Crippen LogP contribution in [0.15, 0.2) is 0 Å². The Hall–Kier alpha value is 0. The van der Waals surface area contributed by atoms with E-state index >= 15 is 0 Å². The Morgan fingerprint density at radius 2 is 0.636 bits per heavy atom. The summed E-state index contributed by atoms with van der Waals surface area (Å²) in [5, 5.41) is 0. The molecule has 0 bridgehead atoms. The van der Waals surface area contributed by atoms with Crippen LogP contribution in [0.4, 0.5) is 0 Å². The third-order valence-corrected chi connectivity index (χ3v) is 8.69. The van der Waals surface area contributed by atoms with E-state index in [2.05, 4.69) is 111 Å². The van der Waals surface area contributed by atoms with Crippen LogP contribution in [0.3, 0.4) is 0 Å². The van der Waals surface area contributed by atoms with Gasteiger partial charge >= 0.3 is 0 Å². The van der Waals surface area contributed by atoms with Gasteiger partial charge in [0.1, 0.15) is 0 Å². The van der Waals surface area contributed by atoms with Crippen molar-refractivity contribution in [3.8, 4) is 0 Å². The fourth-order valence-electron chi connectivity index (χ4n) is 6.39. The molecule has 0 aromatic heterocycles. The lowest BCUT2D eigenvalue weighted by Gasteiger charge is -2.36. The summed E-state index contributed by atoms with van der Waals surface area (Å²) < 4.78 is 0. The molecule has 198 valence electrons. The van der Waals surface area contributed by atoms with Gasteiger partial charge in [-0.1, -0.05) is 111 Å². The normalized spacial score (nSPS) is 22.9. The molecule has 3 rings (SSSR count). The van der Waals surface area contributed by atoms with Crippen molar-refractivity contribution in [2.75, 3.05) is 0 Å². The molecular weight excluding hydrogens is 396 g/mol. The van der Waals surface area contributed by atoms with Gasteiger partial charge < -0.3 is 0 Å². The van der Waals surface area contributed by atoms with Crippen molar-refractivity contribution < 1.29 is 0 Å². The molecular formula is C33H66. The van der Waals surface area contributed by atoms with E-state index in [4.69, 9.17) is 0 Å². The van der Waals surface area contributed by atoms with Crippen molar-refractivity contribution in [1.82, 2.24) is 0 Å². The van der Waals surface area contributed by atoms with Crippen molar-refractivity contribution in [1.29, 1.82) is 0 Å². The lowest BCUT2D eigenvalue weighted by molar-refractivity contribution is 0.141. The zero-order valence-electron chi connectivity index (χ0n) is 26.4. The third kappa shape index (κ3) is 11.1. The molecule has 0 unspecified atom stereocenters. The zero-order valence-corrected chi connectivity index (χ0v) is 26.4. The van der Waals surface area contributed by atoms with E-state index in [9.17, 15) is 0 Å². The Morgan fingerprint density at radius 3 is 0.697 bits per heavy atom. The first-order chi connectivity index (χ1) is 14.2. The van der Waals surface area contributed by atoms with Crippen LogP contribution >= 0.6 is 0 Å². The zero-order chi connectivity index (χ0) is 26.4. The van der Waals surface area contributed by atoms with Crippen LogP contribution in [0.1, 0.15) is 169 Å². The molecule has 0 radical (unpaired) electrons. The number of hydrogen-bond acceptors (Lipinski definition) is 0. The van der Waals surface area contributed by atoms with E-state index in [0.29, 0.717) is 37.9 Å². The summed E-state index contributed by atoms with van der Waals surface area (Å²) >= 11 is 0. The molecule has 3 aliphatic rings. The van der Waals surface area contributed by atoms with Gasteiger partial charge in [-0.2, -0.15) is 0 Å². The molecule has 0 amide bonds. The molecule has 0 saturated heterocycles. The molecule has 0 aromatic carbocycles. The molecule has 0 atom stereocenters. The number of hydrogen-bond donors (Lipinski definition) is 0. The second-order valence-corrected chi connectivity index (χ2v) is 18.6. The highest BCUT2D eigenvalue weighted by molar-refractivity contribution is 5.04. The predicted molar refractivity (Wildman–Crippen MR) is 152 cm³/mol. The van der Waals surface area contributed by atoms with Gasteiger partial charge in [0.15, 0.2) is 0 Å². The van der Waals surface area contributed by atoms with Crippen molar-refractivity contribution in [2.45, 2.75) is 169 Å². The Balaban J connectivity index is 0.000000250. The highest BCUT2D eigenvalue weighted by Gasteiger charge is 2.53. The second-order valence-electron chi connectivity index (χ2n) is 18.6. The van der Waals surface area contributed by atoms with Crippen molar-refractivity contribution in [2.24, 2.45) is 43.3 Å². The van der Waals surface area contributed by atoms with E-state index in [1.54, 1.807) is 0 Å². The third-order valence-electron chi connectivity index (χ3n) is 8.69. The molecule has 0 heterocycles. The topological polar surface area (TPSA) is 0 Å². The van der Waals surface area contributed by atoms with Gasteiger partial charge in [0.25, 0.3) is 0 Å². The highest BCUT2D eigenvalue weighted by atomic mass is 14.6. The van der Waals surface area contributed by atoms with Gasteiger partial charge in [0.2, 0.25) is 0 Å². The largest absolute Gasteiger partial charge is 0.0602 e. The van der Waals surface area contributed by atoms with Gasteiger partial charge in [-0.05, 0) is 101 Å². The smallest absolute Gasteiger partial charge is 0.0243 e. The maximum Gasteiger partial charge on any atom is -0.0243 e. The lowest BCUT2D eigenvalue weighted by Crippen LogP contribution is -2.26. The maximum absolute atomic E-state index is 2.40. The van der Waals surface area contributed by atoms with Gasteiger partial charge in [0, 0.05) is 0 Å². The molecule has 3 saturated carbocycles. The van der Waals surface area contributed by atoms with Gasteiger partial charge in [-0.15, -0.1) is 0 Å². The van der Waals surface area contributed by atoms with Crippen molar-refractivity contribution in [3.05, 3.63) is 0 Å². The van der Waals surface area contributed by atoms with Crippen LogP contribution in [0.5, 0.6) is 0 Å². The Bertz CT molecular complexity index is 554. The molecule has 3 fully saturated rings. The molecule has 3 aliphatic carbocycles. The minimum atomic E-state index is 0.504. The highest BCUT2D eigenvalue weighted by Crippen LogP contribution is 2.64. The standard InChI is InChI=1S/2C12H24.C9H18/c2*1-10(2,3)9-12(7-8-12)11(4,5)6;1-8(2,3)7-9(4)5-6-9/h2*7-9H2,1-6H3;5-7H2,1-4H3. The summed E-state index contributed by atoms with van der Waals surface area (Å²) in [6, 6.07) is 0. The molecule has 0 nitrogen and oxygen atoms in total. The minimum Gasteiger partial charge on any atom is -0.0602 e. The first kappa shape index (κ1) is 31.0. The van der Waals surface area contributed by atoms with Crippen LogP contribution in [-0.2, 0) is 0 Å². The molecule has 0 aliphatic heterocycles. The van der Waals surface area contributed by atoms with E-state index in [1.165, 1.54) is 57.8 Å². The Morgan fingerprint density at radius 1 is 0.394 bits per heavy atom. The summed E-state index contributed by atoms with van der Waals surface area (Å²) in [5.41, 5.74) is 4.66. The quantitative estimate of drug-likeness (QED) is 0.391. The average molecular weight is 463 g/mol. The second kappa shape index (κ2) is 9.47. The maximum atomic E-state index is 2.40. The van der Waals surface area contributed by atoms with Crippen molar-refractivity contribution >= 4 is 0 Å². The molecule has 0 heteroatoms. The van der Waals surface area contributed by atoms with Gasteiger partial charge in [-0.3, -0.25) is 0 Å². The summed E-state index contributed by atoms with van der Waals surface area (Å²) in [5.74, 6) is 0. The van der Waals surface area contributed by atoms with Crippen LogP contribution in [0.25, 0.3) is 0 Å². The van der Waals surface area contributed by atoms with Gasteiger partial charge in [0.05, 0.1) is 0 Å². The first-order valence-corrected chi connectivity index (χ1v) is 14.2. The molecule has 0 N–H and O–H groups in total. The van der Waals surface area contributed by atoms with Crippen LogP contribution in [0, 0.1) is 43.3 Å². The molecule has 33 heavy (non-hydrogen) atoms. The van der Waals surface area contributed by atoms with Crippen LogP contribution in [-0.4, -0.2) is 0 Å². The van der Waals surface area contributed by atoms with E-state index in [-0.39, 0.29) is 0 Å². The fourth-order valence-corrected chi connectivity index (χ4v) is 6.39. The summed E-state index contributed by atoms with van der Waals surface area (Å²) in [6.07, 6.45) is 12.9. The summed E-state index contributed by atoms with van der Waals surface area (Å²) in [7, 11) is 0. The van der Waals surface area contributed by atoms with Crippen molar-refractivity contribution in [3.63, 3.8) is 0 Å². The summed E-state index contributed by atoms with van der Waals surface area (Å²) in [4.78, 5) is 0. The predicted octanol–water partition coefficient (Wildman–Crippen LogP) is 11.7. The van der Waals surface area contributed by atoms with E-state index < -0.39 is 0 Å². The molecule has 0 spiro atoms. The monoisotopic (exact) mass is 463 g/mol.